The number of hydrogen-bond donors (Lipinski definition) is 0. The van der Waals surface area contributed by atoms with E-state index in [4.69, 9.17) is 9.47 Å². The lowest BCUT2D eigenvalue weighted by atomic mass is 10.2. The molecule has 0 N–H and O–H groups in total. The quantitative estimate of drug-likeness (QED) is 0.588. The highest BCUT2D eigenvalue weighted by Crippen LogP contribution is 2.16. The molecule has 0 heterocycles. The minimum Gasteiger partial charge on any atom is -0.490 e. The van der Waals surface area contributed by atoms with E-state index in [2.05, 4.69) is 0 Å². The number of aldehydes is 1. The number of ether oxygens (including phenoxy) is 2. The first-order valence-electron chi connectivity index (χ1n) is 6.16. The fourth-order valence-electron chi connectivity index (χ4n) is 1.73. The zero-order valence-electron chi connectivity index (χ0n) is 10.8. The standard InChI is InChI=1S/C16H16O3/c1-13-5-4-7-15(11-13)18-9-10-19-16-8-3-2-6-14(16)12-17/h2-8,11-12H,9-10H2,1H3. The van der Waals surface area contributed by atoms with Gasteiger partial charge in [-0.2, -0.15) is 0 Å². The molecule has 0 aliphatic heterocycles. The Hall–Kier alpha value is -2.29. The zero-order valence-corrected chi connectivity index (χ0v) is 10.8. The van der Waals surface area contributed by atoms with Crippen molar-refractivity contribution >= 4 is 6.29 Å². The van der Waals surface area contributed by atoms with E-state index in [0.29, 0.717) is 24.5 Å². The van der Waals surface area contributed by atoms with Crippen molar-refractivity contribution in [1.29, 1.82) is 0 Å². The largest absolute Gasteiger partial charge is 0.490 e. The molecule has 0 aliphatic rings. The summed E-state index contributed by atoms with van der Waals surface area (Å²) in [5.41, 5.74) is 1.71. The zero-order chi connectivity index (χ0) is 13.5. The molecule has 0 saturated carbocycles. The predicted octanol–water partition coefficient (Wildman–Crippen LogP) is 3.27. The van der Waals surface area contributed by atoms with Gasteiger partial charge in [-0.1, -0.05) is 24.3 Å². The van der Waals surface area contributed by atoms with Gasteiger partial charge < -0.3 is 9.47 Å². The van der Waals surface area contributed by atoms with Crippen LogP contribution >= 0.6 is 0 Å². The van der Waals surface area contributed by atoms with Gasteiger partial charge in [-0.25, -0.2) is 0 Å². The molecular formula is C16H16O3. The molecule has 2 aromatic carbocycles. The number of aryl methyl sites for hydroxylation is 1. The molecule has 98 valence electrons. The highest BCUT2D eigenvalue weighted by atomic mass is 16.5. The Bertz CT molecular complexity index is 549. The molecule has 0 aromatic heterocycles. The molecule has 3 nitrogen and oxygen atoms in total. The van der Waals surface area contributed by atoms with Gasteiger partial charge in [0.05, 0.1) is 5.56 Å². The molecule has 0 atom stereocenters. The minimum absolute atomic E-state index is 0.402. The van der Waals surface area contributed by atoms with Crippen LogP contribution in [0.4, 0.5) is 0 Å². The van der Waals surface area contributed by atoms with Crippen molar-refractivity contribution in [3.63, 3.8) is 0 Å². The van der Waals surface area contributed by atoms with Crippen molar-refractivity contribution in [2.24, 2.45) is 0 Å². The summed E-state index contributed by atoms with van der Waals surface area (Å²) in [6.07, 6.45) is 0.788. The van der Waals surface area contributed by atoms with E-state index in [1.807, 2.05) is 37.3 Å². The van der Waals surface area contributed by atoms with Crippen molar-refractivity contribution in [2.75, 3.05) is 13.2 Å². The van der Waals surface area contributed by atoms with E-state index >= 15 is 0 Å². The Morgan fingerprint density at radius 1 is 1.00 bits per heavy atom. The second kappa shape index (κ2) is 6.59. The third-order valence-electron chi connectivity index (χ3n) is 2.65. The van der Waals surface area contributed by atoms with Crippen LogP contribution < -0.4 is 9.47 Å². The summed E-state index contributed by atoms with van der Waals surface area (Å²) >= 11 is 0. The molecule has 3 heteroatoms. The molecule has 0 fully saturated rings. The van der Waals surface area contributed by atoms with Gasteiger partial charge in [-0.15, -0.1) is 0 Å². The number of para-hydroxylation sites is 1. The molecule has 0 saturated heterocycles. The summed E-state index contributed by atoms with van der Waals surface area (Å²) in [5.74, 6) is 1.41. The number of benzene rings is 2. The van der Waals surface area contributed by atoms with E-state index in [-0.39, 0.29) is 0 Å². The van der Waals surface area contributed by atoms with Crippen LogP contribution in [0.3, 0.4) is 0 Å². The Morgan fingerprint density at radius 2 is 1.79 bits per heavy atom. The maximum absolute atomic E-state index is 10.8. The van der Waals surface area contributed by atoms with Crippen LogP contribution in [0.5, 0.6) is 11.5 Å². The lowest BCUT2D eigenvalue weighted by molar-refractivity contribution is 0.111. The fraction of sp³-hybridized carbons (Fsp3) is 0.188. The van der Waals surface area contributed by atoms with Gasteiger partial charge in [0.2, 0.25) is 0 Å². The van der Waals surface area contributed by atoms with Crippen LogP contribution in [-0.2, 0) is 0 Å². The van der Waals surface area contributed by atoms with Crippen LogP contribution in [0.1, 0.15) is 15.9 Å². The summed E-state index contributed by atoms with van der Waals surface area (Å²) in [4.78, 5) is 10.8. The fourth-order valence-corrected chi connectivity index (χ4v) is 1.73. The van der Waals surface area contributed by atoms with Crippen LogP contribution in [0, 0.1) is 6.92 Å². The van der Waals surface area contributed by atoms with Crippen molar-refractivity contribution in [2.45, 2.75) is 6.92 Å². The summed E-state index contributed by atoms with van der Waals surface area (Å²) in [7, 11) is 0. The van der Waals surface area contributed by atoms with Gasteiger partial charge in [-0.05, 0) is 36.8 Å². The van der Waals surface area contributed by atoms with Crippen LogP contribution in [0.25, 0.3) is 0 Å². The number of hydrogen-bond acceptors (Lipinski definition) is 3. The van der Waals surface area contributed by atoms with E-state index < -0.39 is 0 Å². The molecule has 2 aromatic rings. The lowest BCUT2D eigenvalue weighted by Crippen LogP contribution is -2.09. The summed E-state index contributed by atoms with van der Waals surface area (Å²) < 4.78 is 11.1. The van der Waals surface area contributed by atoms with Gasteiger partial charge in [0.15, 0.2) is 6.29 Å². The van der Waals surface area contributed by atoms with E-state index in [0.717, 1.165) is 17.6 Å². The number of carbonyl (C=O) groups is 1. The first-order valence-corrected chi connectivity index (χ1v) is 6.16. The second-order valence-corrected chi connectivity index (χ2v) is 4.17. The molecule has 19 heavy (non-hydrogen) atoms. The predicted molar refractivity (Wildman–Crippen MR) is 74.0 cm³/mol. The van der Waals surface area contributed by atoms with Gasteiger partial charge in [0, 0.05) is 0 Å². The Kier molecular flexibility index (Phi) is 4.56. The van der Waals surface area contributed by atoms with Crippen LogP contribution in [0.15, 0.2) is 48.5 Å². The highest BCUT2D eigenvalue weighted by Gasteiger charge is 2.01. The van der Waals surface area contributed by atoms with Crippen molar-refractivity contribution in [3.8, 4) is 11.5 Å². The molecule has 0 bridgehead atoms. The molecule has 0 aliphatic carbocycles. The van der Waals surface area contributed by atoms with E-state index in [1.165, 1.54) is 0 Å². The third-order valence-corrected chi connectivity index (χ3v) is 2.65. The second-order valence-electron chi connectivity index (χ2n) is 4.17. The van der Waals surface area contributed by atoms with Crippen LogP contribution in [0.2, 0.25) is 0 Å². The normalized spacial score (nSPS) is 9.95. The monoisotopic (exact) mass is 256 g/mol. The Morgan fingerprint density at radius 3 is 2.58 bits per heavy atom. The van der Waals surface area contributed by atoms with Crippen molar-refractivity contribution in [1.82, 2.24) is 0 Å². The first-order chi connectivity index (χ1) is 9.29. The Balaban J connectivity index is 1.82. The third kappa shape index (κ3) is 3.85. The molecular weight excluding hydrogens is 240 g/mol. The summed E-state index contributed by atoms with van der Waals surface area (Å²) in [5, 5.41) is 0. The van der Waals surface area contributed by atoms with Gasteiger partial charge in [0.1, 0.15) is 24.7 Å². The van der Waals surface area contributed by atoms with Gasteiger partial charge in [0.25, 0.3) is 0 Å². The smallest absolute Gasteiger partial charge is 0.153 e. The SMILES string of the molecule is Cc1cccc(OCCOc2ccccc2C=O)c1. The van der Waals surface area contributed by atoms with Crippen LogP contribution in [-0.4, -0.2) is 19.5 Å². The van der Waals surface area contributed by atoms with Crippen molar-refractivity contribution in [3.05, 3.63) is 59.7 Å². The topological polar surface area (TPSA) is 35.5 Å². The van der Waals surface area contributed by atoms with E-state index in [1.54, 1.807) is 18.2 Å². The van der Waals surface area contributed by atoms with E-state index in [9.17, 15) is 4.79 Å². The lowest BCUT2D eigenvalue weighted by Gasteiger charge is -2.10. The average molecular weight is 256 g/mol. The number of rotatable bonds is 6. The maximum Gasteiger partial charge on any atom is 0.153 e. The van der Waals surface area contributed by atoms with Gasteiger partial charge >= 0.3 is 0 Å². The first kappa shape index (κ1) is 13.1. The minimum atomic E-state index is 0.402. The Labute approximate surface area is 112 Å². The van der Waals surface area contributed by atoms with Crippen molar-refractivity contribution < 1.29 is 14.3 Å². The number of carbonyl (C=O) groups excluding carboxylic acids is 1. The maximum atomic E-state index is 10.8. The molecule has 0 amide bonds. The van der Waals surface area contributed by atoms with Gasteiger partial charge in [-0.3, -0.25) is 4.79 Å². The average Bonchev–Trinajstić information content (AvgIpc) is 2.44. The molecule has 0 unspecified atom stereocenters. The summed E-state index contributed by atoms with van der Waals surface area (Å²) in [6.45, 7) is 2.86. The molecule has 0 radical (unpaired) electrons. The highest BCUT2D eigenvalue weighted by molar-refractivity contribution is 5.79. The summed E-state index contributed by atoms with van der Waals surface area (Å²) in [6, 6.07) is 15.0. The molecule has 0 spiro atoms. The molecule has 2 rings (SSSR count).